The van der Waals surface area contributed by atoms with Crippen LogP contribution < -0.4 is 20.9 Å². The summed E-state index contributed by atoms with van der Waals surface area (Å²) >= 11 is 0. The second kappa shape index (κ2) is 11.6. The summed E-state index contributed by atoms with van der Waals surface area (Å²) in [7, 11) is 1.55. The molecule has 3 N–H and O–H groups in total. The van der Waals surface area contributed by atoms with Crippen LogP contribution in [0.3, 0.4) is 0 Å². The topological polar surface area (TPSA) is 113 Å². The van der Waals surface area contributed by atoms with Gasteiger partial charge in [0.05, 0.1) is 24.7 Å². The molecule has 0 unspecified atom stereocenters. The van der Waals surface area contributed by atoms with Crippen LogP contribution in [0.1, 0.15) is 20.7 Å². The number of hydrogen-bond acceptors (Lipinski definition) is 5. The van der Waals surface area contributed by atoms with E-state index in [1.165, 1.54) is 12.3 Å². The lowest BCUT2D eigenvalue weighted by atomic mass is 10.2. The van der Waals surface area contributed by atoms with Gasteiger partial charge in [-0.25, -0.2) is 4.98 Å². The fraction of sp³-hybridized carbons (Fsp3) is 0.0400. The summed E-state index contributed by atoms with van der Waals surface area (Å²) in [6.45, 7) is 0. The summed E-state index contributed by atoms with van der Waals surface area (Å²) in [5.41, 5.74) is 2.20. The van der Waals surface area contributed by atoms with Crippen molar-refractivity contribution >= 4 is 23.2 Å². The van der Waals surface area contributed by atoms with Crippen LogP contribution in [0, 0.1) is 0 Å². The molecule has 166 valence electrons. The van der Waals surface area contributed by atoms with E-state index in [0.717, 1.165) is 0 Å². The van der Waals surface area contributed by atoms with E-state index in [0.29, 0.717) is 28.4 Å². The lowest BCUT2D eigenvalue weighted by molar-refractivity contribution is 0.101. The number of benzene rings is 2. The van der Waals surface area contributed by atoms with Crippen LogP contribution in [0.4, 0.5) is 11.4 Å². The van der Waals surface area contributed by atoms with Crippen molar-refractivity contribution in [2.45, 2.75) is 0 Å². The number of aromatic nitrogens is 2. The molecule has 2 amide bonds. The van der Waals surface area contributed by atoms with Crippen molar-refractivity contribution in [3.63, 3.8) is 0 Å². The zero-order chi connectivity index (χ0) is 23.5. The Kier molecular flexibility index (Phi) is 8.08. The number of pyridine rings is 2. The number of amides is 2. The molecule has 8 heteroatoms. The zero-order valence-corrected chi connectivity index (χ0v) is 17.8. The van der Waals surface area contributed by atoms with Crippen molar-refractivity contribution in [3.8, 4) is 5.88 Å². The van der Waals surface area contributed by atoms with Gasteiger partial charge in [0.25, 0.3) is 11.8 Å². The highest BCUT2D eigenvalue weighted by molar-refractivity contribution is 6.04. The summed E-state index contributed by atoms with van der Waals surface area (Å²) in [5.74, 6) is 0.160. The third kappa shape index (κ3) is 7.18. The zero-order valence-electron chi connectivity index (χ0n) is 17.8. The van der Waals surface area contributed by atoms with Gasteiger partial charge in [-0.2, -0.15) is 0 Å². The highest BCUT2D eigenvalue weighted by Crippen LogP contribution is 2.12. The summed E-state index contributed by atoms with van der Waals surface area (Å²) in [6.07, 6.45) is 3.02. The number of hydrogen-bond donors (Lipinski definition) is 3. The molecule has 0 aliphatic carbocycles. The van der Waals surface area contributed by atoms with Gasteiger partial charge in [0, 0.05) is 29.5 Å². The Morgan fingerprint density at radius 2 is 1.30 bits per heavy atom. The number of nitrogens with zero attached hydrogens (tertiary/aromatic N) is 1. The summed E-state index contributed by atoms with van der Waals surface area (Å²) in [5, 5.41) is 5.43. The van der Waals surface area contributed by atoms with Crippen LogP contribution in [0.5, 0.6) is 5.88 Å². The number of ether oxygens (including phenoxy) is 1. The molecule has 0 aliphatic rings. The monoisotopic (exact) mass is 442 g/mol. The number of anilines is 2. The van der Waals surface area contributed by atoms with E-state index >= 15 is 0 Å². The molecule has 0 radical (unpaired) electrons. The van der Waals surface area contributed by atoms with E-state index in [4.69, 9.17) is 4.74 Å². The minimum absolute atomic E-state index is 0.155. The van der Waals surface area contributed by atoms with Crippen LogP contribution in [-0.4, -0.2) is 28.9 Å². The average Bonchev–Trinajstić information content (AvgIpc) is 2.87. The van der Waals surface area contributed by atoms with E-state index in [2.05, 4.69) is 20.6 Å². The van der Waals surface area contributed by atoms with Gasteiger partial charge in [-0.05, 0) is 36.4 Å². The summed E-state index contributed by atoms with van der Waals surface area (Å²) in [4.78, 5) is 40.8. The number of methoxy groups -OCH3 is 1. The maximum Gasteiger partial charge on any atom is 0.255 e. The number of nitrogens with one attached hydrogen (secondary N) is 3. The Labute approximate surface area is 190 Å². The number of carbonyl (C=O) groups excluding carboxylic acids is 2. The predicted octanol–water partition coefficient (Wildman–Crippen LogP) is 3.97. The standard InChI is InChI=1S/C13H12N2O2.C12H10N2O2/c1-17-12-8-7-11(9-14-12)15-13(16)10-5-3-2-4-6-10;15-11-7-6-10(8-13-11)14-12(16)9-4-2-1-3-5-9/h2-9H,1H3,(H,15,16);1-8H,(H,13,15)(H,14,16). The lowest BCUT2D eigenvalue weighted by Gasteiger charge is -2.05. The Hall–Kier alpha value is -4.72. The molecular weight excluding hydrogens is 420 g/mol. The van der Waals surface area contributed by atoms with Gasteiger partial charge in [0.2, 0.25) is 11.4 Å². The second-order valence-corrected chi connectivity index (χ2v) is 6.67. The van der Waals surface area contributed by atoms with Crippen LogP contribution >= 0.6 is 0 Å². The van der Waals surface area contributed by atoms with Crippen molar-refractivity contribution in [2.24, 2.45) is 0 Å². The van der Waals surface area contributed by atoms with Crippen molar-refractivity contribution in [2.75, 3.05) is 17.7 Å². The molecule has 0 aliphatic heterocycles. The number of rotatable bonds is 5. The van der Waals surface area contributed by atoms with Crippen molar-refractivity contribution < 1.29 is 14.3 Å². The van der Waals surface area contributed by atoms with E-state index in [1.54, 1.807) is 67.9 Å². The first kappa shape index (κ1) is 23.0. The van der Waals surface area contributed by atoms with E-state index in [-0.39, 0.29) is 17.4 Å². The number of H-pyrrole nitrogens is 1. The predicted molar refractivity (Wildman–Crippen MR) is 127 cm³/mol. The quantitative estimate of drug-likeness (QED) is 0.433. The highest BCUT2D eigenvalue weighted by Gasteiger charge is 2.05. The van der Waals surface area contributed by atoms with E-state index < -0.39 is 0 Å². The minimum Gasteiger partial charge on any atom is -0.481 e. The molecular formula is C25H22N4O4. The Morgan fingerprint density at radius 3 is 1.76 bits per heavy atom. The fourth-order valence-corrected chi connectivity index (χ4v) is 2.65. The molecule has 2 aromatic carbocycles. The summed E-state index contributed by atoms with van der Waals surface area (Å²) in [6, 6.07) is 24.3. The molecule has 0 atom stereocenters. The van der Waals surface area contributed by atoms with Gasteiger partial charge in [0.15, 0.2) is 0 Å². The second-order valence-electron chi connectivity index (χ2n) is 6.67. The number of aromatic amines is 1. The van der Waals surface area contributed by atoms with Gasteiger partial charge in [0.1, 0.15) is 0 Å². The maximum absolute atomic E-state index is 11.8. The van der Waals surface area contributed by atoms with Gasteiger partial charge >= 0.3 is 0 Å². The van der Waals surface area contributed by atoms with E-state index in [1.807, 2.05) is 24.3 Å². The molecule has 4 rings (SSSR count). The van der Waals surface area contributed by atoms with Gasteiger partial charge in [-0.1, -0.05) is 36.4 Å². The summed E-state index contributed by atoms with van der Waals surface area (Å²) < 4.78 is 4.93. The molecule has 0 bridgehead atoms. The largest absolute Gasteiger partial charge is 0.481 e. The van der Waals surface area contributed by atoms with Crippen LogP contribution in [0.25, 0.3) is 0 Å². The fourth-order valence-electron chi connectivity index (χ4n) is 2.65. The van der Waals surface area contributed by atoms with Crippen LogP contribution in [-0.2, 0) is 0 Å². The van der Waals surface area contributed by atoms with Crippen LogP contribution in [0.15, 0.2) is 102 Å². The first-order valence-corrected chi connectivity index (χ1v) is 9.97. The SMILES string of the molecule is COc1ccc(NC(=O)c2ccccc2)cn1.O=C(Nc1ccc(=O)[nH]c1)c1ccccc1. The average molecular weight is 442 g/mol. The Bertz CT molecular complexity index is 1220. The third-order valence-corrected chi connectivity index (χ3v) is 4.32. The van der Waals surface area contributed by atoms with Crippen molar-refractivity contribution in [1.82, 2.24) is 9.97 Å². The van der Waals surface area contributed by atoms with Gasteiger partial charge < -0.3 is 20.4 Å². The molecule has 0 spiro atoms. The van der Waals surface area contributed by atoms with Crippen molar-refractivity contribution in [3.05, 3.63) is 119 Å². The minimum atomic E-state index is -0.201. The molecule has 0 fully saturated rings. The first-order valence-electron chi connectivity index (χ1n) is 9.97. The van der Waals surface area contributed by atoms with Crippen LogP contribution in [0.2, 0.25) is 0 Å². The maximum atomic E-state index is 11.8. The Balaban J connectivity index is 0.000000186. The normalized spacial score (nSPS) is 9.73. The van der Waals surface area contributed by atoms with Gasteiger partial charge in [-0.15, -0.1) is 0 Å². The Morgan fingerprint density at radius 1 is 0.758 bits per heavy atom. The third-order valence-electron chi connectivity index (χ3n) is 4.32. The molecule has 2 heterocycles. The first-order chi connectivity index (χ1) is 16.0. The molecule has 4 aromatic rings. The van der Waals surface area contributed by atoms with Crippen molar-refractivity contribution in [1.29, 1.82) is 0 Å². The highest BCUT2D eigenvalue weighted by atomic mass is 16.5. The lowest BCUT2D eigenvalue weighted by Crippen LogP contribution is -2.13. The smallest absolute Gasteiger partial charge is 0.255 e. The molecule has 0 saturated heterocycles. The molecule has 0 saturated carbocycles. The van der Waals surface area contributed by atoms with Gasteiger partial charge in [-0.3, -0.25) is 14.4 Å². The van der Waals surface area contributed by atoms with E-state index in [9.17, 15) is 14.4 Å². The number of carbonyl (C=O) groups is 2. The molecule has 33 heavy (non-hydrogen) atoms. The molecule has 2 aromatic heterocycles. The molecule has 8 nitrogen and oxygen atoms in total.